The third-order valence-corrected chi connectivity index (χ3v) is 3.60. The molecule has 0 unspecified atom stereocenters. The minimum Gasteiger partial charge on any atom is -0.506 e. The first-order valence-electron chi connectivity index (χ1n) is 7.30. The predicted octanol–water partition coefficient (Wildman–Crippen LogP) is 2.52. The summed E-state index contributed by atoms with van der Waals surface area (Å²) in [4.78, 5) is 26.7. The molecule has 5 heteroatoms. The summed E-state index contributed by atoms with van der Waals surface area (Å²) in [5, 5.41) is 12.3. The van der Waals surface area contributed by atoms with Gasteiger partial charge in [-0.2, -0.15) is 0 Å². The van der Waals surface area contributed by atoms with Gasteiger partial charge in [0.2, 0.25) is 5.91 Å². The van der Waals surface area contributed by atoms with E-state index in [1.165, 1.54) is 6.07 Å². The number of benzene rings is 1. The van der Waals surface area contributed by atoms with Gasteiger partial charge in [-0.3, -0.25) is 9.59 Å². The molecule has 1 aromatic carbocycles. The standard InChI is InChI=1S/C17H20N2O3/c1-3-12-10-13(17(22)18-11(12)2)8-9-16(21)19-14-6-4-5-7-15(14)20/h4-7,10,20H,3,8-9H2,1-2H3,(H,18,22)(H,19,21). The van der Waals surface area contributed by atoms with Crippen LogP contribution in [0.4, 0.5) is 5.69 Å². The summed E-state index contributed by atoms with van der Waals surface area (Å²) in [5.41, 5.74) is 2.78. The number of hydrogen-bond donors (Lipinski definition) is 3. The number of aromatic amines is 1. The molecule has 1 amide bonds. The van der Waals surface area contributed by atoms with Crippen LogP contribution in [0.2, 0.25) is 0 Å². The van der Waals surface area contributed by atoms with Crippen LogP contribution in [0.15, 0.2) is 35.1 Å². The number of phenolic OH excluding ortho intramolecular Hbond substituents is 1. The van der Waals surface area contributed by atoms with Crippen molar-refractivity contribution in [3.63, 3.8) is 0 Å². The van der Waals surface area contributed by atoms with Crippen LogP contribution in [-0.4, -0.2) is 16.0 Å². The number of pyridine rings is 1. The summed E-state index contributed by atoms with van der Waals surface area (Å²) >= 11 is 0. The molecular formula is C17H20N2O3. The van der Waals surface area contributed by atoms with Crippen LogP contribution in [-0.2, 0) is 17.6 Å². The number of phenols is 1. The molecule has 3 N–H and O–H groups in total. The third-order valence-electron chi connectivity index (χ3n) is 3.60. The fourth-order valence-corrected chi connectivity index (χ4v) is 2.31. The van der Waals surface area contributed by atoms with Crippen LogP contribution < -0.4 is 10.9 Å². The first-order chi connectivity index (χ1) is 10.5. The van der Waals surface area contributed by atoms with Gasteiger partial charge in [0.25, 0.3) is 5.56 Å². The van der Waals surface area contributed by atoms with Gasteiger partial charge in [0.15, 0.2) is 0 Å². The van der Waals surface area contributed by atoms with Crippen LogP contribution in [0, 0.1) is 6.92 Å². The Morgan fingerprint density at radius 2 is 2.00 bits per heavy atom. The van der Waals surface area contributed by atoms with E-state index in [2.05, 4.69) is 10.3 Å². The molecule has 0 saturated heterocycles. The number of aromatic hydroxyl groups is 1. The molecule has 0 saturated carbocycles. The molecule has 0 bridgehead atoms. The van der Waals surface area contributed by atoms with Crippen molar-refractivity contribution in [2.24, 2.45) is 0 Å². The van der Waals surface area contributed by atoms with Crippen molar-refractivity contribution in [3.05, 3.63) is 57.5 Å². The maximum Gasteiger partial charge on any atom is 0.251 e. The van der Waals surface area contributed by atoms with E-state index in [1.54, 1.807) is 18.2 Å². The highest BCUT2D eigenvalue weighted by atomic mass is 16.3. The SMILES string of the molecule is CCc1cc(CCC(=O)Nc2ccccc2O)c(=O)[nH]c1C. The fourth-order valence-electron chi connectivity index (χ4n) is 2.31. The number of rotatable bonds is 5. The van der Waals surface area contributed by atoms with Crippen molar-refractivity contribution in [1.82, 2.24) is 4.98 Å². The lowest BCUT2D eigenvalue weighted by atomic mass is 10.1. The normalized spacial score (nSPS) is 10.5. The Morgan fingerprint density at radius 1 is 1.27 bits per heavy atom. The van der Waals surface area contributed by atoms with Crippen LogP contribution in [0.3, 0.4) is 0 Å². The molecule has 0 aliphatic heterocycles. The Morgan fingerprint density at radius 3 is 2.68 bits per heavy atom. The Hall–Kier alpha value is -2.56. The summed E-state index contributed by atoms with van der Waals surface area (Å²) in [6.45, 7) is 3.89. The molecule has 1 heterocycles. The van der Waals surface area contributed by atoms with Gasteiger partial charge < -0.3 is 15.4 Å². The van der Waals surface area contributed by atoms with E-state index < -0.39 is 0 Å². The van der Waals surface area contributed by atoms with E-state index in [1.807, 2.05) is 19.9 Å². The molecule has 0 aliphatic rings. The first kappa shape index (κ1) is 15.8. The van der Waals surface area contributed by atoms with E-state index in [0.717, 1.165) is 17.7 Å². The number of H-pyrrole nitrogens is 1. The smallest absolute Gasteiger partial charge is 0.251 e. The lowest BCUT2D eigenvalue weighted by Gasteiger charge is -2.08. The number of amides is 1. The van der Waals surface area contributed by atoms with Crippen molar-refractivity contribution in [3.8, 4) is 5.75 Å². The average Bonchev–Trinajstić information content (AvgIpc) is 2.49. The lowest BCUT2D eigenvalue weighted by molar-refractivity contribution is -0.116. The van der Waals surface area contributed by atoms with Gasteiger partial charge in [-0.15, -0.1) is 0 Å². The minimum absolute atomic E-state index is 0.0253. The van der Waals surface area contributed by atoms with Gasteiger partial charge in [-0.1, -0.05) is 19.1 Å². The number of para-hydroxylation sites is 2. The van der Waals surface area contributed by atoms with Gasteiger partial charge in [0.1, 0.15) is 5.75 Å². The highest BCUT2D eigenvalue weighted by Crippen LogP contribution is 2.21. The second-order valence-corrected chi connectivity index (χ2v) is 5.19. The number of hydrogen-bond acceptors (Lipinski definition) is 3. The number of anilines is 1. The Bertz CT molecular complexity index is 735. The largest absolute Gasteiger partial charge is 0.506 e. The van der Waals surface area contributed by atoms with E-state index in [9.17, 15) is 14.7 Å². The number of carbonyl (C=O) groups excluding carboxylic acids is 1. The zero-order chi connectivity index (χ0) is 16.1. The van der Waals surface area contributed by atoms with Crippen LogP contribution in [0.5, 0.6) is 5.75 Å². The molecule has 5 nitrogen and oxygen atoms in total. The maximum absolute atomic E-state index is 11.9. The molecule has 0 fully saturated rings. The number of aromatic nitrogens is 1. The zero-order valence-corrected chi connectivity index (χ0v) is 12.8. The van der Waals surface area contributed by atoms with E-state index in [4.69, 9.17) is 0 Å². The second-order valence-electron chi connectivity index (χ2n) is 5.19. The van der Waals surface area contributed by atoms with Gasteiger partial charge >= 0.3 is 0 Å². The van der Waals surface area contributed by atoms with Crippen molar-refractivity contribution in [2.75, 3.05) is 5.32 Å². The molecule has 22 heavy (non-hydrogen) atoms. The molecule has 2 aromatic rings. The van der Waals surface area contributed by atoms with Gasteiger partial charge in [-0.05, 0) is 43.5 Å². The van der Waals surface area contributed by atoms with Crippen molar-refractivity contribution in [2.45, 2.75) is 33.1 Å². The third kappa shape index (κ3) is 3.75. The highest BCUT2D eigenvalue weighted by molar-refractivity contribution is 5.92. The molecular weight excluding hydrogens is 280 g/mol. The van der Waals surface area contributed by atoms with E-state index in [0.29, 0.717) is 17.7 Å². The maximum atomic E-state index is 11.9. The van der Waals surface area contributed by atoms with Gasteiger partial charge in [0, 0.05) is 17.7 Å². The molecule has 2 rings (SSSR count). The number of nitrogens with one attached hydrogen (secondary N) is 2. The quantitative estimate of drug-likeness (QED) is 0.742. The summed E-state index contributed by atoms with van der Waals surface area (Å²) in [6.07, 6.45) is 1.38. The average molecular weight is 300 g/mol. The second kappa shape index (κ2) is 6.93. The summed E-state index contributed by atoms with van der Waals surface area (Å²) in [7, 11) is 0. The minimum atomic E-state index is -0.237. The lowest BCUT2D eigenvalue weighted by Crippen LogP contribution is -2.18. The highest BCUT2D eigenvalue weighted by Gasteiger charge is 2.09. The molecule has 0 spiro atoms. The topological polar surface area (TPSA) is 82.2 Å². The molecule has 0 aliphatic carbocycles. The number of carbonyl (C=O) groups is 1. The van der Waals surface area contributed by atoms with Crippen molar-refractivity contribution < 1.29 is 9.90 Å². The van der Waals surface area contributed by atoms with E-state index >= 15 is 0 Å². The molecule has 116 valence electrons. The molecule has 1 aromatic heterocycles. The number of aryl methyl sites for hydroxylation is 3. The Balaban J connectivity index is 2.03. The predicted molar refractivity (Wildman–Crippen MR) is 86.2 cm³/mol. The zero-order valence-electron chi connectivity index (χ0n) is 12.8. The summed E-state index contributed by atoms with van der Waals surface area (Å²) in [6, 6.07) is 8.41. The van der Waals surface area contributed by atoms with Crippen LogP contribution in [0.1, 0.15) is 30.2 Å². The van der Waals surface area contributed by atoms with Crippen molar-refractivity contribution in [1.29, 1.82) is 0 Å². The van der Waals surface area contributed by atoms with Crippen molar-refractivity contribution >= 4 is 11.6 Å². The van der Waals surface area contributed by atoms with Crippen LogP contribution >= 0.6 is 0 Å². The Labute approximate surface area is 129 Å². The molecule has 0 atom stereocenters. The first-order valence-corrected chi connectivity index (χ1v) is 7.30. The van der Waals surface area contributed by atoms with E-state index in [-0.39, 0.29) is 23.6 Å². The Kier molecular flexibility index (Phi) is 4.99. The summed E-state index contributed by atoms with van der Waals surface area (Å²) < 4.78 is 0. The molecule has 0 radical (unpaired) electrons. The monoisotopic (exact) mass is 300 g/mol. The fraction of sp³-hybridized carbons (Fsp3) is 0.294. The van der Waals surface area contributed by atoms with Gasteiger partial charge in [0.05, 0.1) is 5.69 Å². The van der Waals surface area contributed by atoms with Crippen LogP contribution in [0.25, 0.3) is 0 Å². The van der Waals surface area contributed by atoms with Gasteiger partial charge in [-0.25, -0.2) is 0 Å². The summed E-state index contributed by atoms with van der Waals surface area (Å²) in [5.74, 6) is -0.211.